The first-order chi connectivity index (χ1) is 9.15. The predicted molar refractivity (Wildman–Crippen MR) is 73.8 cm³/mol. The lowest BCUT2D eigenvalue weighted by Gasteiger charge is -2.24. The molecular formula is C13H16Cl2N2O2. The second-order valence-electron chi connectivity index (χ2n) is 5.26. The average Bonchev–Trinajstić information content (AvgIpc) is 3.00. The molecule has 19 heavy (non-hydrogen) atoms. The molecule has 0 spiro atoms. The Kier molecular flexibility index (Phi) is 3.74. The van der Waals surface area contributed by atoms with Crippen LogP contribution in [0.4, 0.5) is 0 Å². The normalized spacial score (nSPS) is 22.7. The summed E-state index contributed by atoms with van der Waals surface area (Å²) in [5, 5.41) is 0.718. The van der Waals surface area contributed by atoms with E-state index >= 15 is 0 Å². The summed E-state index contributed by atoms with van der Waals surface area (Å²) in [4.78, 5) is 17.3. The Bertz CT molecular complexity index is 459. The molecule has 0 bridgehead atoms. The van der Waals surface area contributed by atoms with Crippen LogP contribution in [0.3, 0.4) is 0 Å². The van der Waals surface area contributed by atoms with Crippen LogP contribution in [0.15, 0.2) is 6.07 Å². The third-order valence-corrected chi connectivity index (χ3v) is 4.38. The Morgan fingerprint density at radius 2 is 2.21 bits per heavy atom. The first-order valence-corrected chi connectivity index (χ1v) is 7.33. The number of nitrogens with zero attached hydrogens (tertiary/aromatic N) is 1. The van der Waals surface area contributed by atoms with Crippen LogP contribution in [-0.4, -0.2) is 41.6 Å². The zero-order valence-electron chi connectivity index (χ0n) is 10.5. The van der Waals surface area contributed by atoms with Crippen LogP contribution in [0, 0.1) is 5.92 Å². The fraction of sp³-hybridized carbons (Fsp3) is 0.615. The molecule has 6 heteroatoms. The number of ether oxygens (including phenoxy) is 1. The van der Waals surface area contributed by atoms with E-state index in [2.05, 4.69) is 4.98 Å². The van der Waals surface area contributed by atoms with Gasteiger partial charge in [-0.3, -0.25) is 4.79 Å². The maximum atomic E-state index is 12.5. The van der Waals surface area contributed by atoms with E-state index in [0.717, 1.165) is 39.0 Å². The molecule has 2 aliphatic rings. The van der Waals surface area contributed by atoms with Crippen LogP contribution in [-0.2, 0) is 4.74 Å². The molecule has 104 valence electrons. The summed E-state index contributed by atoms with van der Waals surface area (Å²) in [7, 11) is 0. The number of rotatable bonds is 4. The van der Waals surface area contributed by atoms with E-state index in [-0.39, 0.29) is 5.91 Å². The third-order valence-electron chi connectivity index (χ3n) is 3.68. The van der Waals surface area contributed by atoms with Crippen molar-refractivity contribution in [1.29, 1.82) is 0 Å². The van der Waals surface area contributed by atoms with Crippen LogP contribution >= 0.6 is 23.2 Å². The number of aromatic nitrogens is 1. The Hall–Kier alpha value is -0.710. The highest BCUT2D eigenvalue weighted by Gasteiger charge is 2.35. The fourth-order valence-electron chi connectivity index (χ4n) is 2.46. The van der Waals surface area contributed by atoms with Crippen molar-refractivity contribution in [2.75, 3.05) is 19.8 Å². The van der Waals surface area contributed by atoms with Gasteiger partial charge in [0.25, 0.3) is 5.91 Å². The Morgan fingerprint density at radius 3 is 2.74 bits per heavy atom. The van der Waals surface area contributed by atoms with Crippen molar-refractivity contribution in [1.82, 2.24) is 9.88 Å². The molecule has 0 radical (unpaired) electrons. The number of hydrogen-bond donors (Lipinski definition) is 1. The summed E-state index contributed by atoms with van der Waals surface area (Å²) < 4.78 is 5.38. The Morgan fingerprint density at radius 1 is 1.42 bits per heavy atom. The summed E-state index contributed by atoms with van der Waals surface area (Å²) >= 11 is 11.8. The largest absolute Gasteiger partial charge is 0.381 e. The molecule has 1 unspecified atom stereocenters. The van der Waals surface area contributed by atoms with Gasteiger partial charge in [0.15, 0.2) is 0 Å². The highest BCUT2D eigenvalue weighted by atomic mass is 35.5. The van der Waals surface area contributed by atoms with Gasteiger partial charge in [-0.05, 0) is 25.3 Å². The molecule has 1 aliphatic heterocycles. The van der Waals surface area contributed by atoms with E-state index in [0.29, 0.717) is 27.8 Å². The van der Waals surface area contributed by atoms with Crippen LogP contribution < -0.4 is 0 Å². The fourth-order valence-corrected chi connectivity index (χ4v) is 2.78. The number of carbonyl (C=O) groups is 1. The van der Waals surface area contributed by atoms with Crippen LogP contribution in [0.2, 0.25) is 10.2 Å². The highest BCUT2D eigenvalue weighted by Crippen LogP contribution is 2.31. The average molecular weight is 303 g/mol. The van der Waals surface area contributed by atoms with Gasteiger partial charge >= 0.3 is 0 Å². The summed E-state index contributed by atoms with van der Waals surface area (Å²) in [6, 6.07) is 1.97. The summed E-state index contributed by atoms with van der Waals surface area (Å²) in [6.45, 7) is 2.32. The number of H-pyrrole nitrogens is 1. The molecule has 1 aromatic rings. The minimum Gasteiger partial charge on any atom is -0.381 e. The van der Waals surface area contributed by atoms with E-state index < -0.39 is 0 Å². The van der Waals surface area contributed by atoms with Crippen molar-refractivity contribution in [2.45, 2.75) is 25.3 Å². The maximum Gasteiger partial charge on any atom is 0.270 e. The summed E-state index contributed by atoms with van der Waals surface area (Å²) in [6.07, 6.45) is 3.20. The molecule has 4 nitrogen and oxygen atoms in total. The number of aromatic amines is 1. The molecule has 3 rings (SSSR count). The molecule has 1 saturated carbocycles. The zero-order chi connectivity index (χ0) is 13.4. The number of hydrogen-bond acceptors (Lipinski definition) is 2. The third kappa shape index (κ3) is 2.91. The van der Waals surface area contributed by atoms with Gasteiger partial charge in [0.1, 0.15) is 10.8 Å². The van der Waals surface area contributed by atoms with Crippen molar-refractivity contribution >= 4 is 29.1 Å². The Balaban J connectivity index is 1.73. The molecule has 1 saturated heterocycles. The standard InChI is InChI=1S/C13H16Cl2N2O2/c14-10-5-11(16-12(10)15)13(18)17(9-1-2-9)6-8-3-4-19-7-8/h5,8-9,16H,1-4,6-7H2. The van der Waals surface area contributed by atoms with Gasteiger partial charge in [0.2, 0.25) is 0 Å². The molecular weight excluding hydrogens is 287 g/mol. The second-order valence-corrected chi connectivity index (χ2v) is 6.05. The van der Waals surface area contributed by atoms with E-state index in [9.17, 15) is 4.79 Å². The van der Waals surface area contributed by atoms with Crippen molar-refractivity contribution < 1.29 is 9.53 Å². The molecule has 2 fully saturated rings. The molecule has 0 aromatic carbocycles. The van der Waals surface area contributed by atoms with Gasteiger partial charge in [0.05, 0.1) is 11.6 Å². The van der Waals surface area contributed by atoms with Gasteiger partial charge in [-0.25, -0.2) is 0 Å². The van der Waals surface area contributed by atoms with E-state index in [1.165, 1.54) is 0 Å². The van der Waals surface area contributed by atoms with Gasteiger partial charge in [-0.15, -0.1) is 0 Å². The molecule has 1 aromatic heterocycles. The molecule has 2 heterocycles. The smallest absolute Gasteiger partial charge is 0.270 e. The first-order valence-electron chi connectivity index (χ1n) is 6.58. The maximum absolute atomic E-state index is 12.5. The van der Waals surface area contributed by atoms with E-state index in [4.69, 9.17) is 27.9 Å². The van der Waals surface area contributed by atoms with E-state index in [1.54, 1.807) is 6.07 Å². The summed E-state index contributed by atoms with van der Waals surface area (Å²) in [5.74, 6) is 0.439. The number of halogens is 2. The SMILES string of the molecule is O=C(c1cc(Cl)c(Cl)[nH]1)N(CC1CCOC1)C1CC1. The first kappa shape index (κ1) is 13.3. The molecule has 1 atom stereocenters. The summed E-state index contributed by atoms with van der Waals surface area (Å²) in [5.41, 5.74) is 0.473. The van der Waals surface area contributed by atoms with Crippen molar-refractivity contribution in [3.8, 4) is 0 Å². The molecule has 1 aliphatic carbocycles. The van der Waals surface area contributed by atoms with E-state index in [1.807, 2.05) is 4.90 Å². The molecule has 1 amide bonds. The molecule has 1 N–H and O–H groups in total. The second kappa shape index (κ2) is 5.35. The topological polar surface area (TPSA) is 45.3 Å². The lowest BCUT2D eigenvalue weighted by atomic mass is 10.1. The van der Waals surface area contributed by atoms with Gasteiger partial charge in [0, 0.05) is 25.1 Å². The lowest BCUT2D eigenvalue weighted by Crippen LogP contribution is -2.37. The highest BCUT2D eigenvalue weighted by molar-refractivity contribution is 6.41. The number of carbonyl (C=O) groups excluding carboxylic acids is 1. The van der Waals surface area contributed by atoms with Crippen molar-refractivity contribution in [2.24, 2.45) is 5.92 Å². The number of nitrogens with one attached hydrogen (secondary N) is 1. The lowest BCUT2D eigenvalue weighted by molar-refractivity contribution is 0.0701. The van der Waals surface area contributed by atoms with Crippen LogP contribution in [0.1, 0.15) is 29.8 Å². The monoisotopic (exact) mass is 302 g/mol. The van der Waals surface area contributed by atoms with Gasteiger partial charge < -0.3 is 14.6 Å². The minimum absolute atomic E-state index is 0.0109. The van der Waals surface area contributed by atoms with Gasteiger partial charge in [-0.2, -0.15) is 0 Å². The van der Waals surface area contributed by atoms with Gasteiger partial charge in [-0.1, -0.05) is 23.2 Å². The number of amides is 1. The Labute approximate surface area is 122 Å². The van der Waals surface area contributed by atoms with Crippen LogP contribution in [0.5, 0.6) is 0 Å². The van der Waals surface area contributed by atoms with Crippen molar-refractivity contribution in [3.63, 3.8) is 0 Å². The van der Waals surface area contributed by atoms with Crippen molar-refractivity contribution in [3.05, 3.63) is 21.9 Å². The predicted octanol–water partition coefficient (Wildman–Crippen LogP) is 2.96. The van der Waals surface area contributed by atoms with Crippen LogP contribution in [0.25, 0.3) is 0 Å². The zero-order valence-corrected chi connectivity index (χ0v) is 12.0. The minimum atomic E-state index is -0.0109. The quantitative estimate of drug-likeness (QED) is 0.929.